The molecule has 2 atom stereocenters. The van der Waals surface area contributed by atoms with E-state index in [1.807, 2.05) is 24.3 Å². The van der Waals surface area contributed by atoms with Crippen LogP contribution in [0.5, 0.6) is 0 Å². The fourth-order valence-corrected chi connectivity index (χ4v) is 8.05. The predicted molar refractivity (Wildman–Crippen MR) is 196 cm³/mol. The van der Waals surface area contributed by atoms with E-state index in [1.54, 1.807) is 0 Å². The van der Waals surface area contributed by atoms with Crippen LogP contribution in [0.4, 0.5) is 11.4 Å². The lowest BCUT2D eigenvalue weighted by Crippen LogP contribution is -2.29. The van der Waals surface area contributed by atoms with E-state index < -0.39 is 0 Å². The van der Waals surface area contributed by atoms with Crippen LogP contribution in [0.2, 0.25) is 0 Å². The first-order chi connectivity index (χ1) is 24.2. The van der Waals surface area contributed by atoms with Crippen molar-refractivity contribution in [2.24, 2.45) is 0 Å². The predicted octanol–water partition coefficient (Wildman–Crippen LogP) is 10.8. The maximum Gasteiger partial charge on any atom is 0.160 e. The van der Waals surface area contributed by atoms with Crippen molar-refractivity contribution in [3.63, 3.8) is 0 Å². The number of para-hydroxylation sites is 3. The number of nitriles is 2. The number of furan rings is 1. The summed E-state index contributed by atoms with van der Waals surface area (Å²) >= 11 is 0. The van der Waals surface area contributed by atoms with Crippen molar-refractivity contribution < 1.29 is 4.42 Å². The zero-order valence-corrected chi connectivity index (χ0v) is 26.2. The van der Waals surface area contributed by atoms with Gasteiger partial charge < -0.3 is 13.9 Å². The molecule has 10 rings (SSSR count). The molecule has 0 radical (unpaired) electrons. The average molecular weight is 627 g/mol. The minimum absolute atomic E-state index is 0.00728. The Hall–Kier alpha value is -6.82. The molecule has 0 fully saturated rings. The molecule has 1 aliphatic carbocycles. The Kier molecular flexibility index (Phi) is 5.76. The molecule has 8 aromatic rings. The summed E-state index contributed by atoms with van der Waals surface area (Å²) in [4.78, 5) is 2.36. The number of hydrogen-bond acceptors (Lipinski definition) is 4. The number of benzene rings is 6. The van der Waals surface area contributed by atoms with Gasteiger partial charge in [-0.3, -0.25) is 0 Å². The molecule has 0 saturated heterocycles. The van der Waals surface area contributed by atoms with Gasteiger partial charge in [-0.05, 0) is 77.9 Å². The van der Waals surface area contributed by atoms with Crippen molar-refractivity contribution in [1.29, 1.82) is 10.5 Å². The van der Waals surface area contributed by atoms with E-state index >= 15 is 0 Å². The smallest absolute Gasteiger partial charge is 0.160 e. The van der Waals surface area contributed by atoms with Crippen molar-refractivity contribution in [1.82, 2.24) is 4.57 Å². The van der Waals surface area contributed by atoms with E-state index in [0.29, 0.717) is 11.1 Å². The molecule has 1 aliphatic heterocycles. The highest BCUT2D eigenvalue weighted by molar-refractivity contribution is 6.21. The topological polar surface area (TPSA) is 68.9 Å². The quantitative estimate of drug-likeness (QED) is 0.196. The van der Waals surface area contributed by atoms with Crippen LogP contribution in [-0.2, 0) is 0 Å². The second-order valence-electron chi connectivity index (χ2n) is 12.7. The molecule has 2 aliphatic rings. The third-order valence-electron chi connectivity index (χ3n) is 10.2. The monoisotopic (exact) mass is 626 g/mol. The summed E-state index contributed by atoms with van der Waals surface area (Å²) in [5.41, 5.74) is 11.5. The number of hydrogen-bond donors (Lipinski definition) is 0. The lowest BCUT2D eigenvalue weighted by atomic mass is 9.88. The van der Waals surface area contributed by atoms with E-state index in [-0.39, 0.29) is 12.0 Å². The van der Waals surface area contributed by atoms with Crippen molar-refractivity contribution in [2.75, 3.05) is 4.90 Å². The fraction of sp³-hybridized carbons (Fsp3) is 0.0455. The van der Waals surface area contributed by atoms with Crippen molar-refractivity contribution in [2.45, 2.75) is 12.0 Å². The Morgan fingerprint density at radius 3 is 2.35 bits per heavy atom. The minimum Gasteiger partial charge on any atom is -0.454 e. The van der Waals surface area contributed by atoms with Crippen LogP contribution < -0.4 is 4.90 Å². The number of aromatic nitrogens is 1. The van der Waals surface area contributed by atoms with Crippen LogP contribution in [0.1, 0.15) is 17.0 Å². The SMILES string of the molecule is N#CC1=CC2c3ccccc3N(c3ccc(C#N)cc3-c3ccc4oc5c(ccc6c7ccccc7n(-c7ccccc7)c65)c4c3)C2C=C1. The van der Waals surface area contributed by atoms with Crippen LogP contribution in [0.15, 0.2) is 156 Å². The van der Waals surface area contributed by atoms with E-state index in [1.165, 1.54) is 10.9 Å². The molecule has 0 bridgehead atoms. The van der Waals surface area contributed by atoms with Gasteiger partial charge in [0.2, 0.25) is 0 Å². The summed E-state index contributed by atoms with van der Waals surface area (Å²) in [5, 5.41) is 24.1. The Balaban J connectivity index is 1.20. The Labute approximate surface area is 282 Å². The molecular weight excluding hydrogens is 601 g/mol. The molecule has 2 unspecified atom stereocenters. The van der Waals surface area contributed by atoms with E-state index in [2.05, 4.69) is 143 Å². The normalized spacial score (nSPS) is 16.5. The molecule has 0 saturated carbocycles. The number of anilines is 2. The van der Waals surface area contributed by atoms with Crippen molar-refractivity contribution >= 4 is 55.1 Å². The molecule has 228 valence electrons. The van der Waals surface area contributed by atoms with E-state index in [0.717, 1.165) is 66.5 Å². The number of allylic oxidation sites excluding steroid dienone is 2. The maximum atomic E-state index is 10.00. The Morgan fingerprint density at radius 2 is 1.47 bits per heavy atom. The van der Waals surface area contributed by atoms with Crippen LogP contribution in [-0.4, -0.2) is 10.6 Å². The van der Waals surface area contributed by atoms with Gasteiger partial charge in [0.15, 0.2) is 5.58 Å². The molecule has 0 amide bonds. The highest BCUT2D eigenvalue weighted by atomic mass is 16.3. The Bertz CT molecular complexity index is 2820. The molecule has 5 heteroatoms. The van der Waals surface area contributed by atoms with Gasteiger partial charge in [0, 0.05) is 55.7 Å². The maximum absolute atomic E-state index is 10.00. The molecule has 6 aromatic carbocycles. The summed E-state index contributed by atoms with van der Waals surface area (Å²) in [6.07, 6.45) is 6.13. The van der Waals surface area contributed by atoms with Gasteiger partial charge in [-0.1, -0.05) is 78.9 Å². The largest absolute Gasteiger partial charge is 0.454 e. The van der Waals surface area contributed by atoms with Crippen LogP contribution in [0.25, 0.3) is 60.6 Å². The zero-order chi connectivity index (χ0) is 32.6. The first kappa shape index (κ1) is 27.3. The number of rotatable bonds is 3. The number of fused-ring (bicyclic) bond motifs is 10. The molecule has 5 nitrogen and oxygen atoms in total. The standard InChI is InChI=1S/C44H26N4O/c45-25-27-14-19-40(48-39-13-7-5-11-32(39)36-23-28(26-46)15-20-41(36)48)35(22-27)29-16-21-42-37(24-29)34-18-17-33-31-10-4-6-12-38(31)47(43(33)44(34)49-42)30-8-2-1-3-9-30/h1-24,36,41H. The summed E-state index contributed by atoms with van der Waals surface area (Å²) in [6, 6.07) is 48.7. The molecule has 2 aromatic heterocycles. The van der Waals surface area contributed by atoms with Gasteiger partial charge in [0.25, 0.3) is 0 Å². The van der Waals surface area contributed by atoms with Crippen LogP contribution in [0, 0.1) is 22.7 Å². The highest BCUT2D eigenvalue weighted by Crippen LogP contribution is 2.51. The third kappa shape index (κ3) is 3.91. The fourth-order valence-electron chi connectivity index (χ4n) is 8.05. The van der Waals surface area contributed by atoms with Gasteiger partial charge >= 0.3 is 0 Å². The van der Waals surface area contributed by atoms with Gasteiger partial charge in [-0.15, -0.1) is 0 Å². The second kappa shape index (κ2) is 10.3. The Morgan fingerprint density at radius 1 is 0.653 bits per heavy atom. The lowest BCUT2D eigenvalue weighted by molar-refractivity contribution is 0.671. The number of nitrogens with zero attached hydrogens (tertiary/aromatic N) is 4. The zero-order valence-electron chi connectivity index (χ0n) is 26.2. The summed E-state index contributed by atoms with van der Waals surface area (Å²) < 4.78 is 9.04. The van der Waals surface area contributed by atoms with Gasteiger partial charge in [-0.2, -0.15) is 10.5 Å². The van der Waals surface area contributed by atoms with E-state index in [9.17, 15) is 10.5 Å². The van der Waals surface area contributed by atoms with Crippen molar-refractivity contribution in [3.05, 3.63) is 162 Å². The summed E-state index contributed by atoms with van der Waals surface area (Å²) in [6.45, 7) is 0. The van der Waals surface area contributed by atoms with Crippen LogP contribution >= 0.6 is 0 Å². The van der Waals surface area contributed by atoms with Crippen LogP contribution in [0.3, 0.4) is 0 Å². The van der Waals surface area contributed by atoms with E-state index in [4.69, 9.17) is 4.42 Å². The minimum atomic E-state index is 0.00728. The van der Waals surface area contributed by atoms with Gasteiger partial charge in [0.05, 0.1) is 34.8 Å². The average Bonchev–Trinajstić information content (AvgIpc) is 3.82. The molecule has 0 spiro atoms. The van der Waals surface area contributed by atoms with Crippen molar-refractivity contribution in [3.8, 4) is 29.0 Å². The molecule has 3 heterocycles. The first-order valence-electron chi connectivity index (χ1n) is 16.4. The lowest BCUT2D eigenvalue weighted by Gasteiger charge is -2.31. The molecule has 0 N–H and O–H groups in total. The first-order valence-corrected chi connectivity index (χ1v) is 16.4. The summed E-state index contributed by atoms with van der Waals surface area (Å²) in [5.74, 6) is 0.0541. The van der Waals surface area contributed by atoms with Gasteiger partial charge in [-0.25, -0.2) is 0 Å². The summed E-state index contributed by atoms with van der Waals surface area (Å²) in [7, 11) is 0. The third-order valence-corrected chi connectivity index (χ3v) is 10.2. The second-order valence-corrected chi connectivity index (χ2v) is 12.7. The highest BCUT2D eigenvalue weighted by Gasteiger charge is 2.39. The molecular formula is C44H26N4O. The van der Waals surface area contributed by atoms with Gasteiger partial charge in [0.1, 0.15) is 5.58 Å². The molecule has 49 heavy (non-hydrogen) atoms.